The quantitative estimate of drug-likeness (QED) is 0.500. The van der Waals surface area contributed by atoms with Crippen molar-refractivity contribution in [3.63, 3.8) is 0 Å². The average molecular weight is 345 g/mol. The molecule has 2 N–H and O–H groups in total. The van der Waals surface area contributed by atoms with Crippen molar-refractivity contribution in [3.05, 3.63) is 35.4 Å². The SMILES string of the molecule is C/C(=N\NC(=S)NCC1CCCO1)c1cccc(C(F)(F)F)c1. The van der Waals surface area contributed by atoms with Crippen LogP contribution in [0.2, 0.25) is 0 Å². The molecule has 0 radical (unpaired) electrons. The Bertz CT molecular complexity index is 584. The Labute approximate surface area is 138 Å². The molecule has 126 valence electrons. The highest BCUT2D eigenvalue weighted by molar-refractivity contribution is 7.80. The van der Waals surface area contributed by atoms with Crippen LogP contribution in [0.3, 0.4) is 0 Å². The Morgan fingerprint density at radius 1 is 1.43 bits per heavy atom. The Kier molecular flexibility index (Phi) is 5.95. The molecule has 4 nitrogen and oxygen atoms in total. The van der Waals surface area contributed by atoms with Crippen molar-refractivity contribution in [1.29, 1.82) is 0 Å². The fourth-order valence-corrected chi connectivity index (χ4v) is 2.30. The predicted molar refractivity (Wildman–Crippen MR) is 86.4 cm³/mol. The molecular weight excluding hydrogens is 327 g/mol. The molecule has 1 aromatic carbocycles. The molecule has 1 heterocycles. The van der Waals surface area contributed by atoms with Crippen molar-refractivity contribution >= 4 is 23.0 Å². The van der Waals surface area contributed by atoms with Crippen LogP contribution in [0, 0.1) is 0 Å². The highest BCUT2D eigenvalue weighted by Gasteiger charge is 2.30. The predicted octanol–water partition coefficient (Wildman–Crippen LogP) is 3.07. The zero-order valence-corrected chi connectivity index (χ0v) is 13.4. The summed E-state index contributed by atoms with van der Waals surface area (Å²) in [5, 5.41) is 7.30. The molecule has 8 heteroatoms. The first kappa shape index (κ1) is 17.7. The molecule has 1 fully saturated rings. The Hall–Kier alpha value is -1.67. The van der Waals surface area contributed by atoms with Crippen LogP contribution in [0.1, 0.15) is 30.9 Å². The van der Waals surface area contributed by atoms with Crippen molar-refractivity contribution in [3.8, 4) is 0 Å². The van der Waals surface area contributed by atoms with Gasteiger partial charge >= 0.3 is 6.18 Å². The van der Waals surface area contributed by atoms with Gasteiger partial charge < -0.3 is 10.1 Å². The number of halogens is 3. The number of hydrogen-bond acceptors (Lipinski definition) is 3. The highest BCUT2D eigenvalue weighted by atomic mass is 32.1. The van der Waals surface area contributed by atoms with Gasteiger partial charge in [-0.25, -0.2) is 0 Å². The minimum absolute atomic E-state index is 0.142. The van der Waals surface area contributed by atoms with Crippen LogP contribution < -0.4 is 10.7 Å². The molecular formula is C15H18F3N3OS. The summed E-state index contributed by atoms with van der Waals surface area (Å²) in [4.78, 5) is 0. The summed E-state index contributed by atoms with van der Waals surface area (Å²) in [5.41, 5.74) is 2.73. The summed E-state index contributed by atoms with van der Waals surface area (Å²) >= 11 is 5.08. The topological polar surface area (TPSA) is 45.7 Å². The standard InChI is InChI=1S/C15H18F3N3OS/c1-10(11-4-2-5-12(8-11)15(16,17)18)20-21-14(23)19-9-13-6-3-7-22-13/h2,4-5,8,13H,3,6-7,9H2,1H3,(H2,19,21,23)/b20-10+. The van der Waals surface area contributed by atoms with Crippen LogP contribution in [0.15, 0.2) is 29.4 Å². The first-order valence-corrected chi connectivity index (χ1v) is 7.64. The number of hydrazone groups is 1. The number of nitrogens with zero attached hydrogens (tertiary/aromatic N) is 1. The van der Waals surface area contributed by atoms with Crippen molar-refractivity contribution in [2.45, 2.75) is 32.0 Å². The first-order chi connectivity index (χ1) is 10.9. The molecule has 0 saturated carbocycles. The summed E-state index contributed by atoms with van der Waals surface area (Å²) in [5.74, 6) is 0. The van der Waals surface area contributed by atoms with Crippen molar-refractivity contribution < 1.29 is 17.9 Å². The van der Waals surface area contributed by atoms with E-state index in [2.05, 4.69) is 15.8 Å². The van der Waals surface area contributed by atoms with E-state index in [0.29, 0.717) is 22.9 Å². The maximum absolute atomic E-state index is 12.7. The minimum atomic E-state index is -4.37. The summed E-state index contributed by atoms with van der Waals surface area (Å²) in [6, 6.07) is 5.01. The van der Waals surface area contributed by atoms with Crippen LogP contribution >= 0.6 is 12.2 Å². The monoisotopic (exact) mass is 345 g/mol. The fourth-order valence-electron chi connectivity index (χ4n) is 2.17. The molecule has 23 heavy (non-hydrogen) atoms. The number of ether oxygens (including phenoxy) is 1. The van der Waals surface area contributed by atoms with Gasteiger partial charge in [0.2, 0.25) is 0 Å². The first-order valence-electron chi connectivity index (χ1n) is 7.23. The van der Waals surface area contributed by atoms with Gasteiger partial charge in [0.15, 0.2) is 5.11 Å². The van der Waals surface area contributed by atoms with Gasteiger partial charge in [-0.15, -0.1) is 0 Å². The molecule has 0 aromatic heterocycles. The second kappa shape index (κ2) is 7.74. The van der Waals surface area contributed by atoms with Gasteiger partial charge in [-0.05, 0) is 49.7 Å². The third-order valence-corrected chi connectivity index (χ3v) is 3.68. The Balaban J connectivity index is 1.90. The van der Waals surface area contributed by atoms with Gasteiger partial charge in [-0.3, -0.25) is 5.43 Å². The lowest BCUT2D eigenvalue weighted by Crippen LogP contribution is -2.37. The number of hydrogen-bond donors (Lipinski definition) is 2. The molecule has 0 aliphatic carbocycles. The summed E-state index contributed by atoms with van der Waals surface area (Å²) < 4.78 is 43.5. The van der Waals surface area contributed by atoms with Crippen molar-refractivity contribution in [2.24, 2.45) is 5.10 Å². The molecule has 0 bridgehead atoms. The molecule has 1 aliphatic rings. The van der Waals surface area contributed by atoms with Crippen molar-refractivity contribution in [2.75, 3.05) is 13.2 Å². The van der Waals surface area contributed by atoms with E-state index in [-0.39, 0.29) is 6.10 Å². The van der Waals surface area contributed by atoms with Gasteiger partial charge in [0.25, 0.3) is 0 Å². The zero-order chi connectivity index (χ0) is 16.9. The highest BCUT2D eigenvalue weighted by Crippen LogP contribution is 2.29. The number of alkyl halides is 3. The fraction of sp³-hybridized carbons (Fsp3) is 0.467. The van der Waals surface area contributed by atoms with Crippen LogP contribution in [0.25, 0.3) is 0 Å². The van der Waals surface area contributed by atoms with E-state index >= 15 is 0 Å². The summed E-state index contributed by atoms with van der Waals surface area (Å²) in [6.07, 6.45) is -2.20. The third-order valence-electron chi connectivity index (χ3n) is 3.45. The van der Waals surface area contributed by atoms with E-state index in [4.69, 9.17) is 17.0 Å². The molecule has 1 aromatic rings. The lowest BCUT2D eigenvalue weighted by molar-refractivity contribution is -0.137. The van der Waals surface area contributed by atoms with Gasteiger partial charge in [-0.1, -0.05) is 12.1 Å². The average Bonchev–Trinajstić information content (AvgIpc) is 3.03. The number of thiocarbonyl (C=S) groups is 1. The minimum Gasteiger partial charge on any atom is -0.376 e. The zero-order valence-electron chi connectivity index (χ0n) is 12.6. The molecule has 0 amide bonds. The van der Waals surface area contributed by atoms with E-state index in [1.807, 2.05) is 0 Å². The van der Waals surface area contributed by atoms with Crippen LogP contribution in [-0.2, 0) is 10.9 Å². The van der Waals surface area contributed by atoms with Gasteiger partial charge in [-0.2, -0.15) is 18.3 Å². The van der Waals surface area contributed by atoms with Gasteiger partial charge in [0.05, 0.1) is 17.4 Å². The number of nitrogens with one attached hydrogen (secondary N) is 2. The number of rotatable bonds is 4. The van der Waals surface area contributed by atoms with E-state index in [9.17, 15) is 13.2 Å². The Morgan fingerprint density at radius 3 is 2.87 bits per heavy atom. The lowest BCUT2D eigenvalue weighted by atomic mass is 10.1. The van der Waals surface area contributed by atoms with E-state index < -0.39 is 11.7 Å². The molecule has 1 saturated heterocycles. The van der Waals surface area contributed by atoms with Gasteiger partial charge in [0.1, 0.15) is 0 Å². The van der Waals surface area contributed by atoms with Crippen LogP contribution in [0.5, 0.6) is 0 Å². The van der Waals surface area contributed by atoms with E-state index in [1.165, 1.54) is 6.07 Å². The smallest absolute Gasteiger partial charge is 0.376 e. The van der Waals surface area contributed by atoms with Crippen LogP contribution in [0.4, 0.5) is 13.2 Å². The van der Waals surface area contributed by atoms with E-state index in [1.54, 1.807) is 13.0 Å². The lowest BCUT2D eigenvalue weighted by Gasteiger charge is -2.12. The molecule has 1 atom stereocenters. The third kappa shape index (κ3) is 5.47. The van der Waals surface area contributed by atoms with Crippen molar-refractivity contribution in [1.82, 2.24) is 10.7 Å². The molecule has 1 unspecified atom stereocenters. The number of benzene rings is 1. The van der Waals surface area contributed by atoms with E-state index in [0.717, 1.165) is 31.6 Å². The second-order valence-corrected chi connectivity index (χ2v) is 5.64. The molecule has 1 aliphatic heterocycles. The van der Waals surface area contributed by atoms with Crippen LogP contribution in [-0.4, -0.2) is 30.1 Å². The second-order valence-electron chi connectivity index (χ2n) is 5.23. The maximum Gasteiger partial charge on any atom is 0.416 e. The summed E-state index contributed by atoms with van der Waals surface area (Å²) in [6.45, 7) is 2.97. The molecule has 2 rings (SSSR count). The molecule has 0 spiro atoms. The maximum atomic E-state index is 12.7. The largest absolute Gasteiger partial charge is 0.416 e. The normalized spacial score (nSPS) is 18.8. The Morgan fingerprint density at radius 2 is 2.22 bits per heavy atom. The summed E-state index contributed by atoms with van der Waals surface area (Å²) in [7, 11) is 0. The van der Waals surface area contributed by atoms with Gasteiger partial charge in [0, 0.05) is 13.2 Å².